The predicted molar refractivity (Wildman–Crippen MR) is 87.3 cm³/mol. The summed E-state index contributed by atoms with van der Waals surface area (Å²) < 4.78 is 18.0. The monoisotopic (exact) mass is 332 g/mol. The molecular formula is C17H14ClFN2O2. The Balaban J connectivity index is 1.96. The van der Waals surface area contributed by atoms with Crippen molar-refractivity contribution in [3.05, 3.63) is 64.9 Å². The van der Waals surface area contributed by atoms with Gasteiger partial charge in [0, 0.05) is 11.4 Å². The maximum Gasteiger partial charge on any atom is 0.331 e. The molecule has 0 radical (unpaired) electrons. The molecular weight excluding hydrogens is 319 g/mol. The van der Waals surface area contributed by atoms with E-state index in [9.17, 15) is 9.18 Å². The van der Waals surface area contributed by atoms with Crippen molar-refractivity contribution in [2.45, 2.75) is 12.5 Å². The first-order chi connectivity index (χ1) is 11.1. The van der Waals surface area contributed by atoms with Crippen molar-refractivity contribution in [3.63, 3.8) is 0 Å². The van der Waals surface area contributed by atoms with Crippen molar-refractivity contribution in [2.75, 3.05) is 12.1 Å². The SMILES string of the molecule is COC(=O)C1CC(c2ccc(Cl)cc2)=NN1c1ccc(F)cc1. The number of methoxy groups -OCH3 is 1. The van der Waals surface area contributed by atoms with E-state index >= 15 is 0 Å². The Morgan fingerprint density at radius 2 is 1.87 bits per heavy atom. The second-order valence-corrected chi connectivity index (χ2v) is 5.55. The van der Waals surface area contributed by atoms with Gasteiger partial charge in [0.15, 0.2) is 6.04 Å². The highest BCUT2D eigenvalue weighted by Gasteiger charge is 2.34. The maximum atomic E-state index is 13.1. The highest BCUT2D eigenvalue weighted by molar-refractivity contribution is 6.30. The van der Waals surface area contributed by atoms with Gasteiger partial charge in [0.1, 0.15) is 5.82 Å². The van der Waals surface area contributed by atoms with Gasteiger partial charge in [0.25, 0.3) is 0 Å². The summed E-state index contributed by atoms with van der Waals surface area (Å²) in [6.45, 7) is 0. The fraction of sp³-hybridized carbons (Fsp3) is 0.176. The molecule has 0 saturated heterocycles. The molecule has 0 aromatic heterocycles. The predicted octanol–water partition coefficient (Wildman–Crippen LogP) is 3.64. The molecule has 1 unspecified atom stereocenters. The Morgan fingerprint density at radius 1 is 1.22 bits per heavy atom. The number of carbonyl (C=O) groups is 1. The van der Waals surface area contributed by atoms with Crippen molar-refractivity contribution in [2.24, 2.45) is 5.10 Å². The third kappa shape index (κ3) is 3.19. The van der Waals surface area contributed by atoms with Crippen LogP contribution in [0.25, 0.3) is 0 Å². The first-order valence-electron chi connectivity index (χ1n) is 7.04. The number of ether oxygens (including phenoxy) is 1. The summed E-state index contributed by atoms with van der Waals surface area (Å²) in [4.78, 5) is 12.1. The minimum atomic E-state index is -0.573. The lowest BCUT2D eigenvalue weighted by Gasteiger charge is -2.21. The van der Waals surface area contributed by atoms with Gasteiger partial charge in [-0.3, -0.25) is 5.01 Å². The molecule has 0 bridgehead atoms. The van der Waals surface area contributed by atoms with Gasteiger partial charge in [-0.25, -0.2) is 9.18 Å². The zero-order chi connectivity index (χ0) is 16.4. The van der Waals surface area contributed by atoms with E-state index in [1.807, 2.05) is 12.1 Å². The molecule has 0 N–H and O–H groups in total. The van der Waals surface area contributed by atoms with Gasteiger partial charge < -0.3 is 4.74 Å². The fourth-order valence-corrected chi connectivity index (χ4v) is 2.60. The molecule has 0 spiro atoms. The van der Waals surface area contributed by atoms with Gasteiger partial charge in [-0.1, -0.05) is 23.7 Å². The molecule has 6 heteroatoms. The number of nitrogens with zero attached hydrogens (tertiary/aromatic N) is 2. The summed E-state index contributed by atoms with van der Waals surface area (Å²) in [6, 6.07) is 12.5. The molecule has 23 heavy (non-hydrogen) atoms. The number of carbonyl (C=O) groups excluding carboxylic acids is 1. The van der Waals surface area contributed by atoms with E-state index in [0.717, 1.165) is 11.3 Å². The standard InChI is InChI=1S/C17H14ClFN2O2/c1-23-17(22)16-10-15(11-2-4-12(18)5-3-11)20-21(16)14-8-6-13(19)7-9-14/h2-9,16H,10H2,1H3. The number of hydrazone groups is 1. The van der Waals surface area contributed by atoms with Crippen LogP contribution >= 0.6 is 11.6 Å². The fourth-order valence-electron chi connectivity index (χ4n) is 2.48. The maximum absolute atomic E-state index is 13.1. The van der Waals surface area contributed by atoms with Crippen LogP contribution in [-0.4, -0.2) is 24.8 Å². The molecule has 1 aliphatic rings. The highest BCUT2D eigenvalue weighted by Crippen LogP contribution is 2.28. The third-order valence-electron chi connectivity index (χ3n) is 3.65. The number of rotatable bonds is 3. The average Bonchev–Trinajstić information content (AvgIpc) is 3.00. The molecule has 1 aliphatic heterocycles. The van der Waals surface area contributed by atoms with Gasteiger partial charge in [0.2, 0.25) is 0 Å². The molecule has 0 amide bonds. The zero-order valence-electron chi connectivity index (χ0n) is 12.4. The lowest BCUT2D eigenvalue weighted by Crippen LogP contribution is -2.35. The highest BCUT2D eigenvalue weighted by atomic mass is 35.5. The topological polar surface area (TPSA) is 41.9 Å². The Hall–Kier alpha value is -2.40. The average molecular weight is 333 g/mol. The van der Waals surface area contributed by atoms with E-state index in [2.05, 4.69) is 5.10 Å². The van der Waals surface area contributed by atoms with Crippen molar-refractivity contribution in [3.8, 4) is 0 Å². The third-order valence-corrected chi connectivity index (χ3v) is 3.90. The second kappa shape index (κ2) is 6.38. The number of benzene rings is 2. The quantitative estimate of drug-likeness (QED) is 0.806. The van der Waals surface area contributed by atoms with Crippen LogP contribution in [-0.2, 0) is 9.53 Å². The smallest absolute Gasteiger partial charge is 0.331 e. The molecule has 0 aliphatic carbocycles. The van der Waals surface area contributed by atoms with Crippen molar-refractivity contribution in [1.29, 1.82) is 0 Å². The van der Waals surface area contributed by atoms with E-state index < -0.39 is 6.04 Å². The normalized spacial score (nSPS) is 17.1. The summed E-state index contributed by atoms with van der Waals surface area (Å²) in [5, 5.41) is 6.72. The zero-order valence-corrected chi connectivity index (χ0v) is 13.1. The first-order valence-corrected chi connectivity index (χ1v) is 7.42. The second-order valence-electron chi connectivity index (χ2n) is 5.12. The first kappa shape index (κ1) is 15.5. The van der Waals surface area contributed by atoms with Crippen molar-refractivity contribution in [1.82, 2.24) is 0 Å². The summed E-state index contributed by atoms with van der Waals surface area (Å²) in [7, 11) is 1.34. The minimum absolute atomic E-state index is 0.343. The van der Waals surface area contributed by atoms with E-state index in [1.165, 1.54) is 19.2 Å². The number of hydrogen-bond acceptors (Lipinski definition) is 4. The van der Waals surface area contributed by atoms with E-state index in [-0.39, 0.29) is 11.8 Å². The van der Waals surface area contributed by atoms with Gasteiger partial charge >= 0.3 is 5.97 Å². The number of halogens is 2. The van der Waals surface area contributed by atoms with Crippen LogP contribution in [0.1, 0.15) is 12.0 Å². The Bertz CT molecular complexity index is 744. The summed E-state index contributed by atoms with van der Waals surface area (Å²) in [6.07, 6.45) is 0.408. The lowest BCUT2D eigenvalue weighted by atomic mass is 10.0. The van der Waals surface area contributed by atoms with Crippen molar-refractivity contribution >= 4 is 29.0 Å². The lowest BCUT2D eigenvalue weighted by molar-refractivity contribution is -0.141. The molecule has 2 aromatic carbocycles. The summed E-state index contributed by atoms with van der Waals surface area (Å²) in [5.74, 6) is -0.730. The molecule has 0 saturated carbocycles. The van der Waals surface area contributed by atoms with Crippen LogP contribution in [0.5, 0.6) is 0 Å². The number of hydrogen-bond donors (Lipinski definition) is 0. The molecule has 0 fully saturated rings. The van der Waals surface area contributed by atoms with Gasteiger partial charge in [-0.05, 0) is 42.0 Å². The van der Waals surface area contributed by atoms with E-state index in [1.54, 1.807) is 29.3 Å². The number of esters is 1. The van der Waals surface area contributed by atoms with Crippen LogP contribution in [0, 0.1) is 5.82 Å². The van der Waals surface area contributed by atoms with Crippen LogP contribution in [0.2, 0.25) is 5.02 Å². The van der Waals surface area contributed by atoms with Crippen LogP contribution in [0.3, 0.4) is 0 Å². The Morgan fingerprint density at radius 3 is 2.48 bits per heavy atom. The van der Waals surface area contributed by atoms with Crippen molar-refractivity contribution < 1.29 is 13.9 Å². The van der Waals surface area contributed by atoms with E-state index in [4.69, 9.17) is 16.3 Å². The van der Waals surface area contributed by atoms with Crippen LogP contribution < -0.4 is 5.01 Å². The molecule has 1 atom stereocenters. The molecule has 1 heterocycles. The molecule has 118 valence electrons. The van der Waals surface area contributed by atoms with Gasteiger partial charge in [0.05, 0.1) is 18.5 Å². The molecule has 3 rings (SSSR count). The number of anilines is 1. The minimum Gasteiger partial charge on any atom is -0.467 e. The largest absolute Gasteiger partial charge is 0.467 e. The van der Waals surface area contributed by atoms with Gasteiger partial charge in [-0.2, -0.15) is 5.10 Å². The van der Waals surface area contributed by atoms with Gasteiger partial charge in [-0.15, -0.1) is 0 Å². The Kier molecular flexibility index (Phi) is 4.30. The summed E-state index contributed by atoms with van der Waals surface area (Å²) >= 11 is 5.90. The summed E-state index contributed by atoms with van der Waals surface area (Å²) in [5.41, 5.74) is 2.26. The van der Waals surface area contributed by atoms with E-state index in [0.29, 0.717) is 17.1 Å². The molecule has 4 nitrogen and oxygen atoms in total. The van der Waals surface area contributed by atoms with Crippen LogP contribution in [0.15, 0.2) is 53.6 Å². The Labute approximate surface area is 138 Å². The molecule has 2 aromatic rings. The van der Waals surface area contributed by atoms with Crippen LogP contribution in [0.4, 0.5) is 10.1 Å².